The zero-order valence-electron chi connectivity index (χ0n) is 16.2. The van der Waals surface area contributed by atoms with Gasteiger partial charge in [-0.3, -0.25) is 14.3 Å². The molecule has 7 nitrogen and oxygen atoms in total. The summed E-state index contributed by atoms with van der Waals surface area (Å²) in [6.45, 7) is 6.09. The molecule has 2 N–H and O–H groups in total. The Balaban J connectivity index is 0.00000261. The molecule has 1 aromatic rings. The first kappa shape index (κ1) is 21.7. The number of unbranched alkanes of at least 4 members (excludes halogenated alkanes) is 1. The lowest BCUT2D eigenvalue weighted by molar-refractivity contribution is -0.126. The minimum absolute atomic E-state index is 0. The van der Waals surface area contributed by atoms with E-state index in [1.54, 1.807) is 0 Å². The molecule has 3 rings (SSSR count). The maximum Gasteiger partial charge on any atom is 0.274 e. The van der Waals surface area contributed by atoms with Crippen molar-refractivity contribution in [1.82, 2.24) is 25.3 Å². The molecule has 1 unspecified atom stereocenters. The second kappa shape index (κ2) is 10.7. The van der Waals surface area contributed by atoms with Gasteiger partial charge in [-0.15, -0.1) is 12.4 Å². The summed E-state index contributed by atoms with van der Waals surface area (Å²) in [5, 5.41) is 10.9. The van der Waals surface area contributed by atoms with Crippen LogP contribution in [-0.4, -0.2) is 59.2 Å². The number of rotatable bonds is 6. The van der Waals surface area contributed by atoms with Crippen LogP contribution in [0, 0.1) is 5.92 Å². The second-order valence-electron chi connectivity index (χ2n) is 7.39. The van der Waals surface area contributed by atoms with Crippen LogP contribution < -0.4 is 10.6 Å². The maximum absolute atomic E-state index is 12.7. The molecule has 2 aliphatic rings. The summed E-state index contributed by atoms with van der Waals surface area (Å²) in [7, 11) is 0. The fourth-order valence-electron chi connectivity index (χ4n) is 3.75. The van der Waals surface area contributed by atoms with E-state index in [9.17, 15) is 9.59 Å². The minimum atomic E-state index is -0.0163. The number of amides is 2. The average molecular weight is 398 g/mol. The number of hydrogen-bond acceptors (Lipinski definition) is 4. The van der Waals surface area contributed by atoms with E-state index in [2.05, 4.69) is 22.7 Å². The number of aromatic nitrogens is 2. The van der Waals surface area contributed by atoms with Crippen molar-refractivity contribution in [1.29, 1.82) is 0 Å². The van der Waals surface area contributed by atoms with Gasteiger partial charge in [-0.2, -0.15) is 5.10 Å². The van der Waals surface area contributed by atoms with Crippen LogP contribution >= 0.6 is 12.4 Å². The molecule has 1 aromatic heterocycles. The number of nitrogens with zero attached hydrogens (tertiary/aromatic N) is 3. The van der Waals surface area contributed by atoms with E-state index < -0.39 is 0 Å². The normalized spacial score (nSPS) is 20.8. The predicted octanol–water partition coefficient (Wildman–Crippen LogP) is 2.00. The number of hydrogen-bond donors (Lipinski definition) is 2. The molecule has 0 aliphatic carbocycles. The van der Waals surface area contributed by atoms with E-state index >= 15 is 0 Å². The van der Waals surface area contributed by atoms with Gasteiger partial charge < -0.3 is 15.5 Å². The Morgan fingerprint density at radius 1 is 1.30 bits per heavy atom. The molecule has 8 heteroatoms. The van der Waals surface area contributed by atoms with Crippen molar-refractivity contribution in [2.45, 2.75) is 51.5 Å². The number of halogens is 1. The van der Waals surface area contributed by atoms with Crippen molar-refractivity contribution in [3.05, 3.63) is 18.0 Å². The van der Waals surface area contributed by atoms with E-state index in [1.807, 2.05) is 21.8 Å². The lowest BCUT2D eigenvalue weighted by atomic mass is 9.95. The first-order valence-corrected chi connectivity index (χ1v) is 10.0. The summed E-state index contributed by atoms with van der Waals surface area (Å²) >= 11 is 0. The smallest absolute Gasteiger partial charge is 0.274 e. The highest BCUT2D eigenvalue weighted by atomic mass is 35.5. The van der Waals surface area contributed by atoms with Gasteiger partial charge in [-0.25, -0.2) is 0 Å². The Morgan fingerprint density at radius 2 is 2.07 bits per heavy atom. The van der Waals surface area contributed by atoms with Gasteiger partial charge in [-0.1, -0.05) is 13.3 Å². The molecular formula is C19H32ClN5O2. The zero-order chi connectivity index (χ0) is 18.4. The Labute approximate surface area is 167 Å². The highest BCUT2D eigenvalue weighted by Crippen LogP contribution is 2.20. The van der Waals surface area contributed by atoms with Gasteiger partial charge in [0.15, 0.2) is 0 Å². The molecule has 27 heavy (non-hydrogen) atoms. The van der Waals surface area contributed by atoms with Crippen molar-refractivity contribution in [3.8, 4) is 0 Å². The molecule has 0 spiro atoms. The van der Waals surface area contributed by atoms with Crippen molar-refractivity contribution in [3.63, 3.8) is 0 Å². The minimum Gasteiger partial charge on any atom is -0.356 e. The Bertz CT molecular complexity index is 607. The first-order chi connectivity index (χ1) is 12.7. The lowest BCUT2D eigenvalue weighted by Gasteiger charge is -2.31. The maximum atomic E-state index is 12.7. The van der Waals surface area contributed by atoms with E-state index in [0.29, 0.717) is 24.8 Å². The molecule has 3 heterocycles. The topological polar surface area (TPSA) is 79.3 Å². The number of likely N-dealkylation sites (tertiary alicyclic amines) is 1. The fourth-order valence-corrected chi connectivity index (χ4v) is 3.75. The molecule has 0 bridgehead atoms. The van der Waals surface area contributed by atoms with Crippen LogP contribution in [0.15, 0.2) is 12.3 Å². The zero-order valence-corrected chi connectivity index (χ0v) is 17.0. The van der Waals surface area contributed by atoms with Crippen molar-refractivity contribution in [2.24, 2.45) is 5.92 Å². The van der Waals surface area contributed by atoms with Crippen LogP contribution in [0.4, 0.5) is 0 Å². The predicted molar refractivity (Wildman–Crippen MR) is 107 cm³/mol. The van der Waals surface area contributed by atoms with Gasteiger partial charge >= 0.3 is 0 Å². The standard InChI is InChI=1S/C19H31N5O2.ClH/c1-2-3-10-21-18(25)15-6-11-23(12-7-15)19(26)17-8-13-24(22-17)16-5-4-9-20-14-16;/h8,13,15-16,20H,2-7,9-12,14H2,1H3,(H,21,25);1H. The highest BCUT2D eigenvalue weighted by molar-refractivity contribution is 5.92. The molecule has 2 fully saturated rings. The Morgan fingerprint density at radius 3 is 2.74 bits per heavy atom. The highest BCUT2D eigenvalue weighted by Gasteiger charge is 2.29. The van der Waals surface area contributed by atoms with Crippen LogP contribution in [0.25, 0.3) is 0 Å². The lowest BCUT2D eigenvalue weighted by Crippen LogP contribution is -2.43. The molecule has 2 aliphatic heterocycles. The summed E-state index contributed by atoms with van der Waals surface area (Å²) < 4.78 is 1.92. The van der Waals surface area contributed by atoms with Crippen molar-refractivity contribution >= 4 is 24.2 Å². The van der Waals surface area contributed by atoms with E-state index in [0.717, 1.165) is 58.2 Å². The fraction of sp³-hybridized carbons (Fsp3) is 0.737. The molecule has 1 atom stereocenters. The van der Waals surface area contributed by atoms with E-state index in [-0.39, 0.29) is 30.1 Å². The second-order valence-corrected chi connectivity index (χ2v) is 7.39. The van der Waals surface area contributed by atoms with Gasteiger partial charge in [0.05, 0.1) is 6.04 Å². The van der Waals surface area contributed by atoms with Gasteiger partial charge in [0.25, 0.3) is 5.91 Å². The largest absolute Gasteiger partial charge is 0.356 e. The molecule has 2 amide bonds. The third-order valence-corrected chi connectivity index (χ3v) is 5.45. The molecule has 0 saturated carbocycles. The number of piperidine rings is 2. The quantitative estimate of drug-likeness (QED) is 0.719. The number of carbonyl (C=O) groups excluding carboxylic acids is 2. The van der Waals surface area contributed by atoms with Crippen LogP contribution in [0.3, 0.4) is 0 Å². The molecule has 152 valence electrons. The Kier molecular flexibility index (Phi) is 8.57. The monoisotopic (exact) mass is 397 g/mol. The summed E-state index contributed by atoms with van der Waals surface area (Å²) in [6.07, 6.45) is 7.72. The van der Waals surface area contributed by atoms with Gasteiger partial charge in [0.1, 0.15) is 5.69 Å². The summed E-state index contributed by atoms with van der Waals surface area (Å²) in [4.78, 5) is 26.7. The average Bonchev–Trinajstić information content (AvgIpc) is 3.18. The third-order valence-electron chi connectivity index (χ3n) is 5.45. The van der Waals surface area contributed by atoms with E-state index in [1.165, 1.54) is 0 Å². The summed E-state index contributed by atoms with van der Waals surface area (Å²) in [6, 6.07) is 2.16. The van der Waals surface area contributed by atoms with Crippen molar-refractivity contribution < 1.29 is 9.59 Å². The van der Waals surface area contributed by atoms with E-state index in [4.69, 9.17) is 0 Å². The summed E-state index contributed by atoms with van der Waals surface area (Å²) in [5.41, 5.74) is 0.515. The SMILES string of the molecule is CCCCNC(=O)C1CCN(C(=O)c2ccn(C3CCCNC3)n2)CC1.Cl. The van der Waals surface area contributed by atoms with Crippen LogP contribution in [0.2, 0.25) is 0 Å². The first-order valence-electron chi connectivity index (χ1n) is 10.0. The molecule has 0 radical (unpaired) electrons. The van der Waals surface area contributed by atoms with Gasteiger partial charge in [-0.05, 0) is 44.7 Å². The number of carbonyl (C=O) groups is 2. The van der Waals surface area contributed by atoms with Gasteiger partial charge in [0, 0.05) is 38.3 Å². The summed E-state index contributed by atoms with van der Waals surface area (Å²) in [5.74, 6) is 0.152. The van der Waals surface area contributed by atoms with Crippen LogP contribution in [0.5, 0.6) is 0 Å². The molecular weight excluding hydrogens is 366 g/mol. The molecule has 0 aromatic carbocycles. The van der Waals surface area contributed by atoms with Gasteiger partial charge in [0.2, 0.25) is 5.91 Å². The van der Waals surface area contributed by atoms with Crippen LogP contribution in [-0.2, 0) is 4.79 Å². The number of nitrogens with one attached hydrogen (secondary N) is 2. The van der Waals surface area contributed by atoms with Crippen molar-refractivity contribution in [2.75, 3.05) is 32.7 Å². The molecule has 2 saturated heterocycles. The Hall–Kier alpha value is -1.60. The third kappa shape index (κ3) is 5.69. The van der Waals surface area contributed by atoms with Crippen LogP contribution in [0.1, 0.15) is 62.0 Å².